The molecule has 0 spiro atoms. The Morgan fingerprint density at radius 2 is 1.85 bits per heavy atom. The first kappa shape index (κ1) is 30.6. The van der Waals surface area contributed by atoms with E-state index in [0.29, 0.717) is 0 Å². The molecule has 4 rings (SSSR count). The van der Waals surface area contributed by atoms with E-state index in [1.54, 1.807) is 0 Å². The summed E-state index contributed by atoms with van der Waals surface area (Å²) in [7, 11) is 2.36. The molecule has 18 nitrogen and oxygen atoms in total. The van der Waals surface area contributed by atoms with Gasteiger partial charge in [0.25, 0.3) is 0 Å². The molecule has 0 amide bonds. The van der Waals surface area contributed by atoms with Crippen LogP contribution in [0.3, 0.4) is 0 Å². The van der Waals surface area contributed by atoms with Gasteiger partial charge in [0.1, 0.15) is 42.9 Å². The Kier molecular flexibility index (Phi) is 9.76. The first-order valence-corrected chi connectivity index (χ1v) is 12.5. The number of nitrogens with zero attached hydrogens (tertiary/aromatic N) is 5. The number of hydrogen-bond donors (Lipinski definition) is 5. The summed E-state index contributed by atoms with van der Waals surface area (Å²) >= 11 is 0. The van der Waals surface area contributed by atoms with Crippen molar-refractivity contribution in [2.75, 3.05) is 20.8 Å². The van der Waals surface area contributed by atoms with Crippen molar-refractivity contribution in [3.8, 4) is 5.88 Å². The summed E-state index contributed by atoms with van der Waals surface area (Å²) in [6.45, 7) is -0.963. The van der Waals surface area contributed by atoms with Crippen molar-refractivity contribution in [3.05, 3.63) is 34.1 Å². The lowest BCUT2D eigenvalue weighted by Crippen LogP contribution is -2.60. The highest BCUT2D eigenvalue weighted by Crippen LogP contribution is 2.28. The van der Waals surface area contributed by atoms with Crippen LogP contribution in [0.1, 0.15) is 23.9 Å². The van der Waals surface area contributed by atoms with E-state index in [2.05, 4.69) is 20.0 Å². The second-order valence-corrected chi connectivity index (χ2v) is 9.43. The van der Waals surface area contributed by atoms with Gasteiger partial charge < -0.3 is 49.2 Å². The Morgan fingerprint density at radius 3 is 2.51 bits per heavy atom. The van der Waals surface area contributed by atoms with Crippen molar-refractivity contribution < 1.29 is 58.8 Å². The second-order valence-electron chi connectivity index (χ2n) is 9.43. The fourth-order valence-electron chi connectivity index (χ4n) is 4.44. The van der Waals surface area contributed by atoms with Gasteiger partial charge in [-0.2, -0.15) is 4.98 Å². The van der Waals surface area contributed by atoms with Gasteiger partial charge in [-0.3, -0.25) is 9.36 Å². The fraction of sp³-hybridized carbons (Fsp3) is 0.652. The number of ketones is 1. The number of ether oxygens (including phenoxy) is 5. The number of carbonyl (C=O) groups is 2. The van der Waals surface area contributed by atoms with E-state index in [4.69, 9.17) is 18.9 Å². The zero-order valence-corrected chi connectivity index (χ0v) is 22.0. The zero-order chi connectivity index (χ0) is 29.8. The molecule has 226 valence electrons. The number of esters is 1. The largest absolute Gasteiger partial charge is 0.481 e. The average Bonchev–Trinajstić information content (AvgIpc) is 3.56. The van der Waals surface area contributed by atoms with E-state index in [-0.39, 0.29) is 48.9 Å². The third-order valence-corrected chi connectivity index (χ3v) is 6.59. The van der Waals surface area contributed by atoms with Crippen LogP contribution in [0.25, 0.3) is 0 Å². The molecule has 4 heterocycles. The smallest absolute Gasteiger partial charge is 0.352 e. The van der Waals surface area contributed by atoms with Crippen LogP contribution in [-0.2, 0) is 48.1 Å². The lowest BCUT2D eigenvalue weighted by atomic mass is 9.99. The molecule has 0 saturated carbocycles. The first-order valence-electron chi connectivity index (χ1n) is 12.5. The Hall–Kier alpha value is -3.36. The molecule has 0 radical (unpaired) electrons. The molecule has 0 bridgehead atoms. The zero-order valence-electron chi connectivity index (χ0n) is 22.0. The summed E-state index contributed by atoms with van der Waals surface area (Å²) in [4.78, 5) is 40.9. The maximum Gasteiger partial charge on any atom is 0.352 e. The molecule has 2 aliphatic rings. The van der Waals surface area contributed by atoms with Gasteiger partial charge in [0.05, 0.1) is 39.7 Å². The summed E-state index contributed by atoms with van der Waals surface area (Å²) in [5, 5.41) is 57.2. The van der Waals surface area contributed by atoms with E-state index in [1.165, 1.54) is 24.2 Å². The predicted molar refractivity (Wildman–Crippen MR) is 129 cm³/mol. The van der Waals surface area contributed by atoms with Gasteiger partial charge in [-0.05, 0) is 0 Å². The molecule has 18 heteroatoms. The molecule has 41 heavy (non-hydrogen) atoms. The van der Waals surface area contributed by atoms with Crippen molar-refractivity contribution in [1.82, 2.24) is 24.5 Å². The number of aliphatic hydroxyl groups is 5. The molecule has 5 N–H and O–H groups in total. The monoisotopic (exact) mass is 585 g/mol. The van der Waals surface area contributed by atoms with Gasteiger partial charge in [-0.25, -0.2) is 14.3 Å². The van der Waals surface area contributed by atoms with E-state index in [9.17, 15) is 39.9 Å². The highest BCUT2D eigenvalue weighted by molar-refractivity contribution is 5.81. The number of hydrogen-bond acceptors (Lipinski definition) is 16. The predicted octanol–water partition coefficient (Wildman–Crippen LogP) is -4.21. The van der Waals surface area contributed by atoms with E-state index in [1.807, 2.05) is 0 Å². The highest BCUT2D eigenvalue weighted by atomic mass is 16.7. The van der Waals surface area contributed by atoms with Crippen molar-refractivity contribution in [2.24, 2.45) is 0 Å². The van der Waals surface area contributed by atoms with Crippen molar-refractivity contribution in [3.63, 3.8) is 0 Å². The minimum Gasteiger partial charge on any atom is -0.481 e. The Balaban J connectivity index is 1.37. The molecular weight excluding hydrogens is 554 g/mol. The van der Waals surface area contributed by atoms with Gasteiger partial charge in [0.15, 0.2) is 18.2 Å². The maximum atomic E-state index is 12.8. The number of aromatic nitrogens is 5. The van der Waals surface area contributed by atoms with Crippen molar-refractivity contribution in [2.45, 2.75) is 75.1 Å². The Labute approximate surface area is 231 Å². The van der Waals surface area contributed by atoms with Crippen molar-refractivity contribution >= 4 is 11.8 Å². The summed E-state index contributed by atoms with van der Waals surface area (Å²) in [5.41, 5.74) is -0.232. The lowest BCUT2D eigenvalue weighted by Gasteiger charge is -2.38. The molecular formula is C23H31N5O13. The first-order chi connectivity index (χ1) is 19.6. The van der Waals surface area contributed by atoms with E-state index in [0.717, 1.165) is 11.7 Å². The van der Waals surface area contributed by atoms with Crippen LogP contribution in [0, 0.1) is 0 Å². The second kappa shape index (κ2) is 13.1. The summed E-state index contributed by atoms with van der Waals surface area (Å²) in [6.07, 6.45) is -8.39. The lowest BCUT2D eigenvalue weighted by molar-refractivity contribution is -0.297. The molecule has 0 aliphatic carbocycles. The normalized spacial score (nSPS) is 29.8. The third kappa shape index (κ3) is 6.76. The van der Waals surface area contributed by atoms with E-state index >= 15 is 0 Å². The Bertz CT molecular complexity index is 1280. The SMILES string of the molecule is COC(=O)[C@H]1O[C@@H](OCc2cn(CC(=O)Cc3cn([C@H]4C[C@H](O)[C@@H](CO)O4)c(=O)nc3OC)nn2)[C@H](O)[C@@H](O)[C@@H]1O. The van der Waals surface area contributed by atoms with Gasteiger partial charge >= 0.3 is 11.7 Å². The highest BCUT2D eigenvalue weighted by Gasteiger charge is 2.48. The van der Waals surface area contributed by atoms with Crippen LogP contribution in [0.2, 0.25) is 0 Å². The number of methoxy groups -OCH3 is 2. The molecule has 0 aromatic carbocycles. The topological polar surface area (TPSA) is 247 Å². The van der Waals surface area contributed by atoms with E-state index < -0.39 is 67.4 Å². The van der Waals surface area contributed by atoms with Gasteiger partial charge in [0.2, 0.25) is 5.88 Å². The number of aliphatic hydroxyl groups excluding tert-OH is 5. The summed E-state index contributed by atoms with van der Waals surface area (Å²) < 4.78 is 28.2. The third-order valence-electron chi connectivity index (χ3n) is 6.59. The molecule has 2 aliphatic heterocycles. The van der Waals surface area contributed by atoms with Crippen molar-refractivity contribution in [1.29, 1.82) is 0 Å². The fourth-order valence-corrected chi connectivity index (χ4v) is 4.44. The molecule has 0 unspecified atom stereocenters. The quantitative estimate of drug-likeness (QED) is 0.157. The number of Topliss-reactive ketones (excluding diaryl/α,β-unsaturated/α-hetero) is 1. The Morgan fingerprint density at radius 1 is 1.10 bits per heavy atom. The number of rotatable bonds is 11. The van der Waals surface area contributed by atoms with Gasteiger partial charge in [-0.1, -0.05) is 5.21 Å². The maximum absolute atomic E-state index is 12.8. The van der Waals surface area contributed by atoms with Crippen LogP contribution >= 0.6 is 0 Å². The van der Waals surface area contributed by atoms with Crippen LogP contribution < -0.4 is 10.4 Å². The van der Waals surface area contributed by atoms with Crippen LogP contribution in [0.5, 0.6) is 5.88 Å². The molecule has 2 aromatic heterocycles. The average molecular weight is 586 g/mol. The standard InChI is InChI=1S/C23H31N5O13/c1-37-20-10(5-28(23(36)24-20)15-4-13(31)14(8-29)40-15)3-12(30)7-27-6-11(25-26-27)9-39-22-18(34)16(32)17(33)19(41-22)21(35)38-2/h5-6,13-19,22,29,31-34H,3-4,7-9H2,1-2H3/t13-,14+,15+,16-,17-,18+,19-,22+/m0/s1. The van der Waals surface area contributed by atoms with Crippen LogP contribution in [0.4, 0.5) is 0 Å². The molecule has 8 atom stereocenters. The van der Waals surface area contributed by atoms with Gasteiger partial charge in [-0.15, -0.1) is 5.10 Å². The number of carbonyl (C=O) groups excluding carboxylic acids is 2. The molecule has 2 fully saturated rings. The minimum atomic E-state index is -1.74. The summed E-state index contributed by atoms with van der Waals surface area (Å²) in [5.74, 6) is -1.39. The van der Waals surface area contributed by atoms with Crippen LogP contribution in [0.15, 0.2) is 17.2 Å². The minimum absolute atomic E-state index is 0.0438. The molecule has 2 aromatic rings. The summed E-state index contributed by atoms with van der Waals surface area (Å²) in [6, 6.07) is 0. The molecule has 2 saturated heterocycles. The van der Waals surface area contributed by atoms with Crippen LogP contribution in [-0.4, -0.2) is 126 Å². The van der Waals surface area contributed by atoms with Gasteiger partial charge in [0, 0.05) is 24.6 Å².